The zero-order chi connectivity index (χ0) is 8.97. The molecule has 1 fully saturated rings. The zero-order valence-corrected chi connectivity index (χ0v) is 7.55. The highest BCUT2D eigenvalue weighted by molar-refractivity contribution is 5.77. The van der Waals surface area contributed by atoms with Gasteiger partial charge >= 0.3 is 0 Å². The Hall–Kier alpha value is -0.830. The number of amides is 1. The molecule has 0 radical (unpaired) electrons. The van der Waals surface area contributed by atoms with Gasteiger partial charge in [-0.2, -0.15) is 0 Å². The number of hydrogen-bond acceptors (Lipinski definition) is 2. The van der Waals surface area contributed by atoms with Crippen LogP contribution in [-0.4, -0.2) is 36.5 Å². The van der Waals surface area contributed by atoms with E-state index in [1.54, 1.807) is 6.08 Å². The van der Waals surface area contributed by atoms with Crippen molar-refractivity contribution in [2.24, 2.45) is 0 Å². The van der Waals surface area contributed by atoms with Gasteiger partial charge in [0.2, 0.25) is 5.91 Å². The van der Waals surface area contributed by atoms with Crippen molar-refractivity contribution in [3.05, 3.63) is 12.7 Å². The molecule has 1 atom stereocenters. The number of rotatable bonds is 2. The topological polar surface area (TPSA) is 32.3 Å². The molecule has 0 aliphatic carbocycles. The van der Waals surface area contributed by atoms with Crippen LogP contribution in [0.5, 0.6) is 0 Å². The van der Waals surface area contributed by atoms with E-state index in [9.17, 15) is 4.79 Å². The van der Waals surface area contributed by atoms with E-state index >= 15 is 0 Å². The van der Waals surface area contributed by atoms with Crippen LogP contribution in [0.15, 0.2) is 12.7 Å². The van der Waals surface area contributed by atoms with Crippen molar-refractivity contribution in [2.45, 2.75) is 19.4 Å². The van der Waals surface area contributed by atoms with Gasteiger partial charge in [-0.15, -0.1) is 6.58 Å². The molecule has 0 aromatic carbocycles. The molecule has 1 amide bonds. The Kier molecular flexibility index (Phi) is 3.29. The summed E-state index contributed by atoms with van der Waals surface area (Å²) in [6.45, 7) is 8.03. The summed E-state index contributed by atoms with van der Waals surface area (Å²) in [5.74, 6) is 0.229. The van der Waals surface area contributed by atoms with E-state index in [-0.39, 0.29) is 5.91 Å². The van der Waals surface area contributed by atoms with E-state index in [1.807, 2.05) is 11.8 Å². The van der Waals surface area contributed by atoms with Crippen LogP contribution in [0.3, 0.4) is 0 Å². The minimum atomic E-state index is 0.229. The summed E-state index contributed by atoms with van der Waals surface area (Å²) >= 11 is 0. The fraction of sp³-hybridized carbons (Fsp3) is 0.667. The summed E-state index contributed by atoms with van der Waals surface area (Å²) in [6, 6.07) is 0.312. The molecule has 3 nitrogen and oxygen atoms in total. The fourth-order valence-electron chi connectivity index (χ4n) is 1.38. The van der Waals surface area contributed by atoms with E-state index in [0.29, 0.717) is 19.0 Å². The standard InChI is InChI=1S/C9H16N2O/c1-3-5-11-6-4-10-8(2)7-9(11)12/h3,8,10H,1,4-7H2,2H3. The number of nitrogens with zero attached hydrogens (tertiary/aromatic N) is 1. The largest absolute Gasteiger partial charge is 0.338 e. The lowest BCUT2D eigenvalue weighted by Gasteiger charge is -2.17. The average Bonchev–Trinajstić information content (AvgIpc) is 2.15. The van der Waals surface area contributed by atoms with E-state index < -0.39 is 0 Å². The normalized spacial score (nSPS) is 25.2. The first-order valence-corrected chi connectivity index (χ1v) is 4.36. The first-order valence-electron chi connectivity index (χ1n) is 4.36. The maximum Gasteiger partial charge on any atom is 0.224 e. The first kappa shape index (κ1) is 9.26. The second kappa shape index (κ2) is 4.26. The van der Waals surface area contributed by atoms with E-state index in [4.69, 9.17) is 0 Å². The van der Waals surface area contributed by atoms with Crippen LogP contribution in [0.25, 0.3) is 0 Å². The summed E-state index contributed by atoms with van der Waals surface area (Å²) in [4.78, 5) is 13.3. The van der Waals surface area contributed by atoms with E-state index in [0.717, 1.165) is 13.1 Å². The highest BCUT2D eigenvalue weighted by atomic mass is 16.2. The average molecular weight is 168 g/mol. The van der Waals surface area contributed by atoms with Gasteiger partial charge in [-0.25, -0.2) is 0 Å². The number of carbonyl (C=O) groups is 1. The molecule has 68 valence electrons. The lowest BCUT2D eigenvalue weighted by atomic mass is 10.2. The Morgan fingerprint density at radius 3 is 3.25 bits per heavy atom. The van der Waals surface area contributed by atoms with E-state index in [2.05, 4.69) is 11.9 Å². The lowest BCUT2D eigenvalue weighted by Crippen LogP contribution is -2.32. The molecule has 1 aliphatic heterocycles. The molecule has 12 heavy (non-hydrogen) atoms. The fourth-order valence-corrected chi connectivity index (χ4v) is 1.38. The molecular weight excluding hydrogens is 152 g/mol. The highest BCUT2D eigenvalue weighted by Crippen LogP contribution is 2.02. The summed E-state index contributed by atoms with van der Waals surface area (Å²) in [5.41, 5.74) is 0. The monoisotopic (exact) mass is 168 g/mol. The quantitative estimate of drug-likeness (QED) is 0.605. The zero-order valence-electron chi connectivity index (χ0n) is 7.55. The third-order valence-corrected chi connectivity index (χ3v) is 2.06. The minimum absolute atomic E-state index is 0.229. The number of hydrogen-bond donors (Lipinski definition) is 1. The van der Waals surface area contributed by atoms with E-state index in [1.165, 1.54) is 0 Å². The SMILES string of the molecule is C=CCN1CCNC(C)CC1=O. The van der Waals surface area contributed by atoms with Gasteiger partial charge < -0.3 is 10.2 Å². The molecule has 1 N–H and O–H groups in total. The first-order chi connectivity index (χ1) is 5.74. The molecule has 0 bridgehead atoms. The molecule has 0 aromatic rings. The van der Waals surface area contributed by atoms with Crippen LogP contribution in [0, 0.1) is 0 Å². The number of nitrogens with one attached hydrogen (secondary N) is 1. The van der Waals surface area contributed by atoms with Gasteiger partial charge in [0.25, 0.3) is 0 Å². The molecule has 0 aromatic heterocycles. The van der Waals surface area contributed by atoms with Gasteiger partial charge in [-0.05, 0) is 6.92 Å². The smallest absolute Gasteiger partial charge is 0.224 e. The van der Waals surface area contributed by atoms with Crippen LogP contribution >= 0.6 is 0 Å². The molecule has 1 rings (SSSR count). The minimum Gasteiger partial charge on any atom is -0.338 e. The molecule has 0 saturated carbocycles. The summed E-state index contributed by atoms with van der Waals surface area (Å²) in [5, 5.41) is 3.27. The van der Waals surface area contributed by atoms with Crippen molar-refractivity contribution >= 4 is 5.91 Å². The molecule has 1 saturated heterocycles. The Balaban J connectivity index is 2.51. The Morgan fingerprint density at radius 2 is 2.58 bits per heavy atom. The Labute approximate surface area is 73.4 Å². The van der Waals surface area contributed by atoms with Gasteiger partial charge in [-0.1, -0.05) is 6.08 Å². The van der Waals surface area contributed by atoms with Crippen LogP contribution < -0.4 is 5.32 Å². The van der Waals surface area contributed by atoms with Crippen molar-refractivity contribution in [1.82, 2.24) is 10.2 Å². The molecule has 1 unspecified atom stereocenters. The summed E-state index contributed by atoms with van der Waals surface area (Å²) in [6.07, 6.45) is 2.38. The lowest BCUT2D eigenvalue weighted by molar-refractivity contribution is -0.130. The van der Waals surface area contributed by atoms with Gasteiger partial charge in [0.1, 0.15) is 0 Å². The summed E-state index contributed by atoms with van der Waals surface area (Å²) < 4.78 is 0. The highest BCUT2D eigenvalue weighted by Gasteiger charge is 2.18. The second-order valence-corrected chi connectivity index (χ2v) is 3.19. The molecule has 1 heterocycles. The van der Waals surface area contributed by atoms with Gasteiger partial charge in [0.15, 0.2) is 0 Å². The van der Waals surface area contributed by atoms with Crippen molar-refractivity contribution in [1.29, 1.82) is 0 Å². The second-order valence-electron chi connectivity index (χ2n) is 3.19. The van der Waals surface area contributed by atoms with Crippen LogP contribution in [0.4, 0.5) is 0 Å². The summed E-state index contributed by atoms with van der Waals surface area (Å²) in [7, 11) is 0. The Morgan fingerprint density at radius 1 is 1.83 bits per heavy atom. The van der Waals surface area contributed by atoms with Crippen molar-refractivity contribution in [3.63, 3.8) is 0 Å². The van der Waals surface area contributed by atoms with Crippen molar-refractivity contribution in [3.8, 4) is 0 Å². The van der Waals surface area contributed by atoms with Crippen LogP contribution in [-0.2, 0) is 4.79 Å². The van der Waals surface area contributed by atoms with Gasteiger partial charge in [0, 0.05) is 32.1 Å². The van der Waals surface area contributed by atoms with Crippen molar-refractivity contribution in [2.75, 3.05) is 19.6 Å². The molecule has 1 aliphatic rings. The van der Waals surface area contributed by atoms with Gasteiger partial charge in [0.05, 0.1) is 0 Å². The molecular formula is C9H16N2O. The van der Waals surface area contributed by atoms with Crippen LogP contribution in [0.1, 0.15) is 13.3 Å². The predicted octanol–water partition coefficient (Wildman–Crippen LogP) is 0.383. The number of carbonyl (C=O) groups excluding carboxylic acids is 1. The maximum absolute atomic E-state index is 11.5. The Bertz CT molecular complexity index is 179. The third-order valence-electron chi connectivity index (χ3n) is 2.06. The maximum atomic E-state index is 11.5. The van der Waals surface area contributed by atoms with Crippen molar-refractivity contribution < 1.29 is 4.79 Å². The molecule has 3 heteroatoms. The third kappa shape index (κ3) is 2.34. The molecule has 0 spiro atoms. The van der Waals surface area contributed by atoms with Gasteiger partial charge in [-0.3, -0.25) is 4.79 Å². The predicted molar refractivity (Wildman–Crippen MR) is 48.9 cm³/mol. The van der Waals surface area contributed by atoms with Crippen LogP contribution in [0.2, 0.25) is 0 Å².